The predicted molar refractivity (Wildman–Crippen MR) is 70.7 cm³/mol. The van der Waals surface area contributed by atoms with Crippen LogP contribution in [-0.4, -0.2) is 29.7 Å². The third kappa shape index (κ3) is 3.52. The average molecular weight is 281 g/mol. The van der Waals surface area contributed by atoms with Crippen molar-refractivity contribution in [1.29, 1.82) is 0 Å². The first-order valence-corrected chi connectivity index (χ1v) is 7.25. The Labute approximate surface area is 111 Å². The molecule has 0 fully saturated rings. The molecule has 3 N–H and O–H groups in total. The molecule has 8 heteroatoms. The van der Waals surface area contributed by atoms with E-state index >= 15 is 0 Å². The highest BCUT2D eigenvalue weighted by Crippen LogP contribution is 2.13. The van der Waals surface area contributed by atoms with Crippen LogP contribution < -0.4 is 10.5 Å². The third-order valence-corrected chi connectivity index (χ3v) is 4.01. The van der Waals surface area contributed by atoms with Crippen molar-refractivity contribution >= 4 is 15.8 Å². The fourth-order valence-electron chi connectivity index (χ4n) is 1.59. The number of hydrogen-bond acceptors (Lipinski definition) is 5. The van der Waals surface area contributed by atoms with Gasteiger partial charge in [-0.2, -0.15) is 5.10 Å². The number of nitrogens with one attached hydrogen (secondary N) is 1. The van der Waals surface area contributed by atoms with Crippen molar-refractivity contribution in [3.63, 3.8) is 0 Å². The van der Waals surface area contributed by atoms with E-state index in [0.717, 1.165) is 0 Å². The van der Waals surface area contributed by atoms with Gasteiger partial charge in [0.05, 0.1) is 0 Å². The van der Waals surface area contributed by atoms with Gasteiger partial charge in [0.25, 0.3) is 0 Å². The zero-order valence-corrected chi connectivity index (χ0v) is 11.0. The Morgan fingerprint density at radius 2 is 2.16 bits per heavy atom. The molecule has 19 heavy (non-hydrogen) atoms. The van der Waals surface area contributed by atoms with Crippen molar-refractivity contribution in [2.24, 2.45) is 0 Å². The van der Waals surface area contributed by atoms with Crippen LogP contribution in [-0.2, 0) is 16.6 Å². The number of nitrogens with zero attached hydrogens (tertiary/aromatic N) is 3. The summed E-state index contributed by atoms with van der Waals surface area (Å²) in [4.78, 5) is 3.77. The summed E-state index contributed by atoms with van der Waals surface area (Å²) in [5, 5.41) is 4.03. The second kappa shape index (κ2) is 5.81. The van der Waals surface area contributed by atoms with Gasteiger partial charge in [0.1, 0.15) is 10.7 Å². The molecule has 0 saturated heterocycles. The highest BCUT2D eigenvalue weighted by atomic mass is 32.2. The van der Waals surface area contributed by atoms with Crippen LogP contribution >= 0.6 is 0 Å². The maximum absolute atomic E-state index is 12.0. The van der Waals surface area contributed by atoms with Crippen LogP contribution in [0.5, 0.6) is 0 Å². The molecule has 0 bridgehead atoms. The van der Waals surface area contributed by atoms with E-state index in [-0.39, 0.29) is 10.7 Å². The Hall–Kier alpha value is -1.93. The molecule has 0 aromatic carbocycles. The van der Waals surface area contributed by atoms with Gasteiger partial charge in [-0.25, -0.2) is 18.1 Å². The first-order valence-electron chi connectivity index (χ1n) is 5.77. The summed E-state index contributed by atoms with van der Waals surface area (Å²) < 4.78 is 28.2. The van der Waals surface area contributed by atoms with E-state index in [9.17, 15) is 8.42 Å². The van der Waals surface area contributed by atoms with Crippen molar-refractivity contribution in [3.8, 4) is 0 Å². The highest BCUT2D eigenvalue weighted by molar-refractivity contribution is 7.89. The van der Waals surface area contributed by atoms with Crippen LogP contribution in [0.2, 0.25) is 0 Å². The molecule has 0 radical (unpaired) electrons. The Morgan fingerprint density at radius 1 is 1.32 bits per heavy atom. The SMILES string of the molecule is Nc1ncccc1S(=O)(=O)NCCCn1cccn1. The number of nitrogen functional groups attached to an aromatic ring is 1. The lowest BCUT2D eigenvalue weighted by atomic mass is 10.4. The van der Waals surface area contributed by atoms with Crippen LogP contribution in [0.15, 0.2) is 41.7 Å². The molecule has 0 aliphatic carbocycles. The Balaban J connectivity index is 1.90. The van der Waals surface area contributed by atoms with Crippen LogP contribution in [0.1, 0.15) is 6.42 Å². The molecule has 2 rings (SSSR count). The zero-order chi connectivity index (χ0) is 13.7. The second-order valence-corrected chi connectivity index (χ2v) is 5.64. The summed E-state index contributed by atoms with van der Waals surface area (Å²) in [6.07, 6.45) is 5.60. The Morgan fingerprint density at radius 3 is 2.84 bits per heavy atom. The highest BCUT2D eigenvalue weighted by Gasteiger charge is 2.16. The van der Waals surface area contributed by atoms with Crippen molar-refractivity contribution in [2.75, 3.05) is 12.3 Å². The van der Waals surface area contributed by atoms with Crippen molar-refractivity contribution in [1.82, 2.24) is 19.5 Å². The third-order valence-electron chi connectivity index (χ3n) is 2.50. The molecular weight excluding hydrogens is 266 g/mol. The molecule has 0 amide bonds. The summed E-state index contributed by atoms with van der Waals surface area (Å²) in [5.41, 5.74) is 5.54. The zero-order valence-electron chi connectivity index (χ0n) is 10.2. The lowest BCUT2D eigenvalue weighted by Gasteiger charge is -2.08. The molecule has 0 saturated carbocycles. The normalized spacial score (nSPS) is 11.6. The standard InChI is InChI=1S/C11H15N5O2S/c12-11-10(4-1-5-13-11)19(17,18)15-7-3-9-16-8-2-6-14-16/h1-2,4-6,8,15H,3,7,9H2,(H2,12,13). The van der Waals surface area contributed by atoms with E-state index < -0.39 is 10.0 Å². The van der Waals surface area contributed by atoms with Crippen LogP contribution in [0.25, 0.3) is 0 Å². The van der Waals surface area contributed by atoms with E-state index in [1.165, 1.54) is 18.3 Å². The number of hydrogen-bond donors (Lipinski definition) is 2. The monoisotopic (exact) mass is 281 g/mol. The number of sulfonamides is 1. The quantitative estimate of drug-likeness (QED) is 0.738. The molecule has 2 aromatic heterocycles. The topological polar surface area (TPSA) is 103 Å². The number of aryl methyl sites for hydroxylation is 1. The van der Waals surface area contributed by atoms with E-state index in [1.54, 1.807) is 10.9 Å². The van der Waals surface area contributed by atoms with Gasteiger partial charge >= 0.3 is 0 Å². The molecular formula is C11H15N5O2S. The summed E-state index contributed by atoms with van der Waals surface area (Å²) >= 11 is 0. The largest absolute Gasteiger partial charge is 0.383 e. The molecule has 7 nitrogen and oxygen atoms in total. The predicted octanol–water partition coefficient (Wildman–Crippen LogP) is 0.229. The summed E-state index contributed by atoms with van der Waals surface area (Å²) in [6.45, 7) is 0.967. The van der Waals surface area contributed by atoms with Gasteiger partial charge in [-0.15, -0.1) is 0 Å². The smallest absolute Gasteiger partial charge is 0.244 e. The Kier molecular flexibility index (Phi) is 4.13. The van der Waals surface area contributed by atoms with Gasteiger partial charge < -0.3 is 5.73 Å². The first-order chi connectivity index (χ1) is 9.09. The first kappa shape index (κ1) is 13.5. The number of pyridine rings is 1. The summed E-state index contributed by atoms with van der Waals surface area (Å²) in [5.74, 6) is 0.00192. The van der Waals surface area contributed by atoms with Crippen LogP contribution in [0.3, 0.4) is 0 Å². The number of aromatic nitrogens is 3. The van der Waals surface area contributed by atoms with Crippen molar-refractivity contribution in [3.05, 3.63) is 36.8 Å². The van der Waals surface area contributed by atoms with Gasteiger partial charge in [0.2, 0.25) is 10.0 Å². The second-order valence-electron chi connectivity index (χ2n) is 3.91. The van der Waals surface area contributed by atoms with Gasteiger partial charge in [0.15, 0.2) is 0 Å². The number of anilines is 1. The van der Waals surface area contributed by atoms with E-state index in [0.29, 0.717) is 19.5 Å². The molecule has 0 spiro atoms. The van der Waals surface area contributed by atoms with Gasteiger partial charge in [0, 0.05) is 31.7 Å². The number of nitrogens with two attached hydrogens (primary N) is 1. The minimum absolute atomic E-state index is 0.00192. The average Bonchev–Trinajstić information content (AvgIpc) is 2.88. The van der Waals surface area contributed by atoms with E-state index in [1.807, 2.05) is 12.3 Å². The van der Waals surface area contributed by atoms with Gasteiger partial charge in [-0.3, -0.25) is 4.68 Å². The molecule has 0 unspecified atom stereocenters. The summed E-state index contributed by atoms with van der Waals surface area (Å²) in [6, 6.07) is 4.79. The molecule has 0 aliphatic rings. The fraction of sp³-hybridized carbons (Fsp3) is 0.273. The van der Waals surface area contributed by atoms with Crippen molar-refractivity contribution < 1.29 is 8.42 Å². The molecule has 102 valence electrons. The van der Waals surface area contributed by atoms with E-state index in [2.05, 4.69) is 14.8 Å². The Bertz CT molecular complexity index is 624. The summed E-state index contributed by atoms with van der Waals surface area (Å²) in [7, 11) is -3.60. The minimum atomic E-state index is -3.60. The van der Waals surface area contributed by atoms with E-state index in [4.69, 9.17) is 5.73 Å². The molecule has 2 aromatic rings. The lowest BCUT2D eigenvalue weighted by Crippen LogP contribution is -2.26. The van der Waals surface area contributed by atoms with Crippen LogP contribution in [0, 0.1) is 0 Å². The lowest BCUT2D eigenvalue weighted by molar-refractivity contribution is 0.553. The molecule has 0 atom stereocenters. The fourth-order valence-corrected chi connectivity index (χ4v) is 2.74. The molecule has 0 aliphatic heterocycles. The molecule has 2 heterocycles. The maximum Gasteiger partial charge on any atom is 0.244 e. The van der Waals surface area contributed by atoms with Gasteiger partial charge in [-0.1, -0.05) is 0 Å². The maximum atomic E-state index is 12.0. The minimum Gasteiger partial charge on any atom is -0.383 e. The van der Waals surface area contributed by atoms with Crippen LogP contribution in [0.4, 0.5) is 5.82 Å². The van der Waals surface area contributed by atoms with Crippen molar-refractivity contribution in [2.45, 2.75) is 17.9 Å². The van der Waals surface area contributed by atoms with Gasteiger partial charge in [-0.05, 0) is 24.6 Å². The number of rotatable bonds is 6.